The lowest BCUT2D eigenvalue weighted by atomic mass is 9.83. The van der Waals surface area contributed by atoms with Gasteiger partial charge in [-0.25, -0.2) is 0 Å². The van der Waals surface area contributed by atoms with Crippen LogP contribution in [0, 0.1) is 5.41 Å². The Balaban J connectivity index is 0.00000625. The van der Waals surface area contributed by atoms with E-state index in [0.29, 0.717) is 17.5 Å². The smallest absolute Gasteiger partial charge is 0.191 e. The second-order valence-corrected chi connectivity index (χ2v) is 7.93. The molecule has 26 heavy (non-hydrogen) atoms. The van der Waals surface area contributed by atoms with E-state index in [1.54, 1.807) is 0 Å². The zero-order chi connectivity index (χ0) is 18.7. The Kier molecular flexibility index (Phi) is 14.0. The van der Waals surface area contributed by atoms with Gasteiger partial charge in [0.05, 0.1) is 0 Å². The monoisotopic (exact) mass is 482 g/mol. The van der Waals surface area contributed by atoms with Gasteiger partial charge in [-0.15, -0.1) is 24.0 Å². The van der Waals surface area contributed by atoms with Gasteiger partial charge in [-0.05, 0) is 59.3 Å². The maximum atomic E-state index is 5.61. The van der Waals surface area contributed by atoms with Crippen LogP contribution >= 0.6 is 24.0 Å². The fourth-order valence-electron chi connectivity index (χ4n) is 3.98. The van der Waals surface area contributed by atoms with E-state index in [0.717, 1.165) is 45.2 Å². The molecule has 0 spiro atoms. The molecule has 0 atom stereocenters. The minimum absolute atomic E-state index is 0. The highest BCUT2D eigenvalue weighted by atomic mass is 127. The quantitative estimate of drug-likeness (QED) is 0.203. The number of aliphatic imine (C=N–C) groups is 1. The van der Waals surface area contributed by atoms with E-state index in [4.69, 9.17) is 4.74 Å². The van der Waals surface area contributed by atoms with Crippen molar-refractivity contribution in [3.05, 3.63) is 0 Å². The summed E-state index contributed by atoms with van der Waals surface area (Å²) in [6.07, 6.45) is 6.45. The van der Waals surface area contributed by atoms with Crippen molar-refractivity contribution in [3.63, 3.8) is 0 Å². The van der Waals surface area contributed by atoms with Gasteiger partial charge in [0.25, 0.3) is 0 Å². The SMILES string of the molecule is CCOCCC1(CNC(=NC)NCCN(C(C)C)C(C)C)CCCC1.I. The van der Waals surface area contributed by atoms with E-state index < -0.39 is 0 Å². The zero-order valence-corrected chi connectivity index (χ0v) is 20.3. The molecule has 156 valence electrons. The van der Waals surface area contributed by atoms with Crippen LogP contribution in [0.2, 0.25) is 0 Å². The lowest BCUT2D eigenvalue weighted by molar-refractivity contribution is 0.105. The van der Waals surface area contributed by atoms with Gasteiger partial charge < -0.3 is 15.4 Å². The topological polar surface area (TPSA) is 48.9 Å². The molecule has 0 aromatic heterocycles. The maximum Gasteiger partial charge on any atom is 0.191 e. The second kappa shape index (κ2) is 14.0. The summed E-state index contributed by atoms with van der Waals surface area (Å²) < 4.78 is 5.61. The van der Waals surface area contributed by atoms with Gasteiger partial charge in [0.2, 0.25) is 0 Å². The summed E-state index contributed by atoms with van der Waals surface area (Å²) in [6, 6.07) is 1.13. The maximum absolute atomic E-state index is 5.61. The van der Waals surface area contributed by atoms with Gasteiger partial charge in [0.15, 0.2) is 5.96 Å². The third-order valence-corrected chi connectivity index (χ3v) is 5.49. The average Bonchev–Trinajstić information content (AvgIpc) is 3.03. The highest BCUT2D eigenvalue weighted by Crippen LogP contribution is 2.40. The van der Waals surface area contributed by atoms with Gasteiger partial charge >= 0.3 is 0 Å². The number of nitrogens with one attached hydrogen (secondary N) is 2. The van der Waals surface area contributed by atoms with E-state index in [2.05, 4.69) is 55.1 Å². The van der Waals surface area contributed by atoms with Crippen LogP contribution in [0.5, 0.6) is 0 Å². The van der Waals surface area contributed by atoms with Gasteiger partial charge in [-0.3, -0.25) is 9.89 Å². The Morgan fingerprint density at radius 1 is 1.12 bits per heavy atom. The van der Waals surface area contributed by atoms with Crippen LogP contribution < -0.4 is 10.6 Å². The Bertz CT molecular complexity index is 374. The van der Waals surface area contributed by atoms with E-state index in [1.165, 1.54) is 25.7 Å². The van der Waals surface area contributed by atoms with Crippen LogP contribution in [0.25, 0.3) is 0 Å². The second-order valence-electron chi connectivity index (χ2n) is 7.93. The highest BCUT2D eigenvalue weighted by molar-refractivity contribution is 14.0. The van der Waals surface area contributed by atoms with E-state index >= 15 is 0 Å². The standard InChI is InChI=1S/C20H42N4O.HI/c1-7-25-15-12-20(10-8-9-11-20)16-23-19(21-6)22-13-14-24(17(2)3)18(4)5;/h17-18H,7-16H2,1-6H3,(H2,21,22,23);1H. The molecule has 0 unspecified atom stereocenters. The fraction of sp³-hybridized carbons (Fsp3) is 0.950. The molecular formula is C20H43IN4O. The van der Waals surface area contributed by atoms with Crippen LogP contribution in [0.4, 0.5) is 0 Å². The number of guanidine groups is 1. The van der Waals surface area contributed by atoms with Crippen molar-refractivity contribution >= 4 is 29.9 Å². The highest BCUT2D eigenvalue weighted by Gasteiger charge is 2.33. The number of nitrogens with zero attached hydrogens (tertiary/aromatic N) is 2. The predicted octanol–water partition coefficient (Wildman–Crippen LogP) is 3.88. The summed E-state index contributed by atoms with van der Waals surface area (Å²) in [7, 11) is 1.86. The summed E-state index contributed by atoms with van der Waals surface area (Å²) in [5.41, 5.74) is 0.384. The molecule has 5 nitrogen and oxygen atoms in total. The van der Waals surface area contributed by atoms with Crippen molar-refractivity contribution in [2.75, 3.05) is 39.9 Å². The summed E-state index contributed by atoms with van der Waals surface area (Å²) >= 11 is 0. The number of hydrogen-bond donors (Lipinski definition) is 2. The molecule has 0 radical (unpaired) electrons. The van der Waals surface area contributed by atoms with Crippen LogP contribution in [0.3, 0.4) is 0 Å². The number of halogens is 1. The first-order valence-electron chi connectivity index (χ1n) is 10.2. The summed E-state index contributed by atoms with van der Waals surface area (Å²) in [5, 5.41) is 7.06. The van der Waals surface area contributed by atoms with Crippen molar-refractivity contribution in [1.29, 1.82) is 0 Å². The molecule has 0 amide bonds. The molecule has 1 fully saturated rings. The molecule has 0 heterocycles. The summed E-state index contributed by atoms with van der Waals surface area (Å²) in [4.78, 5) is 6.91. The molecule has 2 N–H and O–H groups in total. The number of rotatable bonds is 11. The van der Waals surface area contributed by atoms with Crippen LogP contribution in [0.1, 0.15) is 66.7 Å². The first-order chi connectivity index (χ1) is 11.9. The molecule has 1 saturated carbocycles. The normalized spacial score (nSPS) is 17.0. The van der Waals surface area contributed by atoms with Crippen molar-refractivity contribution in [2.24, 2.45) is 10.4 Å². The molecular weight excluding hydrogens is 439 g/mol. The molecule has 0 aromatic carbocycles. The Labute approximate surface area is 179 Å². The molecule has 0 aromatic rings. The van der Waals surface area contributed by atoms with Crippen LogP contribution in [-0.4, -0.2) is 62.8 Å². The minimum Gasteiger partial charge on any atom is -0.382 e. The van der Waals surface area contributed by atoms with E-state index in [1.807, 2.05) is 7.05 Å². The lowest BCUT2D eigenvalue weighted by Gasteiger charge is -2.32. The van der Waals surface area contributed by atoms with Gasteiger partial charge in [-0.2, -0.15) is 0 Å². The van der Waals surface area contributed by atoms with Gasteiger partial charge in [0, 0.05) is 52.0 Å². The summed E-state index contributed by atoms with van der Waals surface area (Å²) in [6.45, 7) is 15.8. The molecule has 6 heteroatoms. The van der Waals surface area contributed by atoms with Crippen molar-refractivity contribution in [2.45, 2.75) is 78.8 Å². The Hall–Kier alpha value is -0.0800. The molecule has 0 saturated heterocycles. The largest absolute Gasteiger partial charge is 0.382 e. The molecule has 1 rings (SSSR count). The molecule has 0 aliphatic heterocycles. The first kappa shape index (κ1) is 25.9. The Morgan fingerprint density at radius 2 is 1.73 bits per heavy atom. The fourth-order valence-corrected chi connectivity index (χ4v) is 3.98. The Morgan fingerprint density at radius 3 is 2.23 bits per heavy atom. The van der Waals surface area contributed by atoms with Gasteiger partial charge in [-0.1, -0.05) is 12.8 Å². The molecule has 1 aliphatic rings. The molecule has 1 aliphatic carbocycles. The third-order valence-electron chi connectivity index (χ3n) is 5.49. The van der Waals surface area contributed by atoms with Crippen molar-refractivity contribution in [1.82, 2.24) is 15.5 Å². The minimum atomic E-state index is 0. The number of ether oxygens (including phenoxy) is 1. The summed E-state index contributed by atoms with van der Waals surface area (Å²) in [5.74, 6) is 0.926. The van der Waals surface area contributed by atoms with Crippen molar-refractivity contribution in [3.8, 4) is 0 Å². The van der Waals surface area contributed by atoms with Gasteiger partial charge in [0.1, 0.15) is 0 Å². The zero-order valence-electron chi connectivity index (χ0n) is 17.9. The molecule has 0 bridgehead atoms. The van der Waals surface area contributed by atoms with Crippen LogP contribution in [0.15, 0.2) is 4.99 Å². The third kappa shape index (κ3) is 9.22. The van der Waals surface area contributed by atoms with E-state index in [9.17, 15) is 0 Å². The van der Waals surface area contributed by atoms with E-state index in [-0.39, 0.29) is 24.0 Å². The average molecular weight is 482 g/mol. The predicted molar refractivity (Wildman–Crippen MR) is 124 cm³/mol. The first-order valence-corrected chi connectivity index (χ1v) is 10.2. The lowest BCUT2D eigenvalue weighted by Crippen LogP contribution is -2.47. The van der Waals surface area contributed by atoms with Crippen molar-refractivity contribution < 1.29 is 4.74 Å². The number of hydrogen-bond acceptors (Lipinski definition) is 3. The van der Waals surface area contributed by atoms with Crippen LogP contribution in [-0.2, 0) is 4.74 Å².